The summed E-state index contributed by atoms with van der Waals surface area (Å²) in [6, 6.07) is -0.264. The van der Waals surface area contributed by atoms with Crippen molar-refractivity contribution in [1.82, 2.24) is 4.90 Å². The van der Waals surface area contributed by atoms with Gasteiger partial charge >= 0.3 is 6.09 Å². The second-order valence-corrected chi connectivity index (χ2v) is 5.15. The molecule has 0 saturated carbocycles. The van der Waals surface area contributed by atoms with E-state index in [1.54, 1.807) is 4.90 Å². The molecule has 1 heterocycles. The number of nitrogens with zero attached hydrogens (tertiary/aromatic N) is 1. The maximum Gasteiger partial charge on any atom is 0.410 e. The molecule has 0 unspecified atom stereocenters. The zero-order valence-corrected chi connectivity index (χ0v) is 10.6. The first-order valence-electron chi connectivity index (χ1n) is 5.87. The van der Waals surface area contributed by atoms with Crippen molar-refractivity contribution in [3.05, 3.63) is 0 Å². The molecule has 0 aromatic carbocycles. The third-order valence-electron chi connectivity index (χ3n) is 2.60. The van der Waals surface area contributed by atoms with E-state index in [4.69, 9.17) is 4.74 Å². The summed E-state index contributed by atoms with van der Waals surface area (Å²) >= 11 is 0. The highest BCUT2D eigenvalue weighted by Gasteiger charge is 2.35. The molecule has 16 heavy (non-hydrogen) atoms. The van der Waals surface area contributed by atoms with Gasteiger partial charge < -0.3 is 4.74 Å². The number of rotatable bonds is 2. The topological polar surface area (TPSA) is 46.6 Å². The van der Waals surface area contributed by atoms with Crippen LogP contribution in [0, 0.1) is 0 Å². The van der Waals surface area contributed by atoms with Crippen molar-refractivity contribution in [2.75, 3.05) is 6.54 Å². The molecule has 4 heteroatoms. The lowest BCUT2D eigenvalue weighted by atomic mass is 10.1. The third-order valence-corrected chi connectivity index (χ3v) is 2.60. The molecule has 0 aromatic rings. The fraction of sp³-hybridized carbons (Fsp3) is 0.833. The van der Waals surface area contributed by atoms with Gasteiger partial charge in [0.2, 0.25) is 0 Å². The first-order valence-corrected chi connectivity index (χ1v) is 5.87. The zero-order valence-electron chi connectivity index (χ0n) is 10.6. The third kappa shape index (κ3) is 3.22. The Bertz CT molecular complexity index is 280. The predicted molar refractivity (Wildman–Crippen MR) is 61.3 cm³/mol. The van der Waals surface area contributed by atoms with Crippen molar-refractivity contribution in [1.29, 1.82) is 0 Å². The number of ketones is 1. The van der Waals surface area contributed by atoms with Crippen molar-refractivity contribution in [3.8, 4) is 0 Å². The standard InChI is InChI=1S/C12H21NO3/c1-5-10(14)9-7-6-8-13(9)11(15)16-12(2,3)4/h9H,5-8H2,1-4H3/t9-/m0/s1. The van der Waals surface area contributed by atoms with Crippen LogP contribution in [0.4, 0.5) is 4.79 Å². The van der Waals surface area contributed by atoms with Crippen LogP contribution in [-0.2, 0) is 9.53 Å². The van der Waals surface area contributed by atoms with E-state index in [-0.39, 0.29) is 17.9 Å². The van der Waals surface area contributed by atoms with Crippen LogP contribution >= 0.6 is 0 Å². The molecule has 0 N–H and O–H groups in total. The Morgan fingerprint density at radius 2 is 2.00 bits per heavy atom. The van der Waals surface area contributed by atoms with E-state index in [1.165, 1.54) is 0 Å². The van der Waals surface area contributed by atoms with E-state index >= 15 is 0 Å². The molecular weight excluding hydrogens is 206 g/mol. The molecule has 0 aromatic heterocycles. The van der Waals surface area contributed by atoms with E-state index < -0.39 is 5.60 Å². The summed E-state index contributed by atoms with van der Waals surface area (Å²) in [5.74, 6) is 0.128. The molecule has 0 bridgehead atoms. The molecular formula is C12H21NO3. The van der Waals surface area contributed by atoms with Gasteiger partial charge in [-0.15, -0.1) is 0 Å². The monoisotopic (exact) mass is 227 g/mol. The van der Waals surface area contributed by atoms with Crippen LogP contribution in [0.25, 0.3) is 0 Å². The SMILES string of the molecule is CCC(=O)[C@@H]1CCCN1C(=O)OC(C)(C)C. The Hall–Kier alpha value is -1.06. The summed E-state index contributed by atoms with van der Waals surface area (Å²) < 4.78 is 5.28. The van der Waals surface area contributed by atoms with Gasteiger partial charge in [-0.3, -0.25) is 9.69 Å². The largest absolute Gasteiger partial charge is 0.444 e. The molecule has 4 nitrogen and oxygen atoms in total. The lowest BCUT2D eigenvalue weighted by Crippen LogP contribution is -2.43. The fourth-order valence-electron chi connectivity index (χ4n) is 1.88. The first-order chi connectivity index (χ1) is 7.35. The summed E-state index contributed by atoms with van der Waals surface area (Å²) in [5.41, 5.74) is -0.501. The highest BCUT2D eigenvalue weighted by molar-refractivity contribution is 5.87. The number of amides is 1. The number of Topliss-reactive ketones (excluding diaryl/α,β-unsaturated/α-hetero) is 1. The number of likely N-dealkylation sites (tertiary alicyclic amines) is 1. The Kier molecular flexibility index (Phi) is 3.94. The van der Waals surface area contributed by atoms with E-state index in [2.05, 4.69) is 0 Å². The highest BCUT2D eigenvalue weighted by Crippen LogP contribution is 2.22. The van der Waals surface area contributed by atoms with Crippen molar-refractivity contribution in [3.63, 3.8) is 0 Å². The molecule has 1 aliphatic rings. The van der Waals surface area contributed by atoms with Crippen molar-refractivity contribution < 1.29 is 14.3 Å². The summed E-state index contributed by atoms with van der Waals surface area (Å²) in [4.78, 5) is 25.1. The lowest BCUT2D eigenvalue weighted by molar-refractivity contribution is -0.123. The van der Waals surface area contributed by atoms with Gasteiger partial charge in [0.15, 0.2) is 5.78 Å². The average Bonchev–Trinajstić information content (AvgIpc) is 2.62. The summed E-state index contributed by atoms with van der Waals surface area (Å²) in [5, 5.41) is 0. The minimum atomic E-state index is -0.501. The van der Waals surface area contributed by atoms with Crippen LogP contribution in [0.5, 0.6) is 0 Å². The maximum atomic E-state index is 11.8. The van der Waals surface area contributed by atoms with Gasteiger partial charge in [-0.25, -0.2) is 4.79 Å². The number of ether oxygens (including phenoxy) is 1. The Labute approximate surface area is 96.9 Å². The van der Waals surface area contributed by atoms with Gasteiger partial charge in [-0.2, -0.15) is 0 Å². The van der Waals surface area contributed by atoms with Crippen LogP contribution in [0.1, 0.15) is 47.0 Å². The van der Waals surface area contributed by atoms with Crippen LogP contribution in [0.15, 0.2) is 0 Å². The number of hydrogen-bond donors (Lipinski definition) is 0. The molecule has 1 fully saturated rings. The second kappa shape index (κ2) is 4.85. The Balaban J connectivity index is 2.65. The zero-order chi connectivity index (χ0) is 12.3. The normalized spacial score (nSPS) is 21.0. The maximum absolute atomic E-state index is 11.8. The molecule has 1 aliphatic heterocycles. The van der Waals surface area contributed by atoms with Gasteiger partial charge in [-0.05, 0) is 33.6 Å². The highest BCUT2D eigenvalue weighted by atomic mass is 16.6. The van der Waals surface area contributed by atoms with Crippen molar-refractivity contribution in [2.45, 2.75) is 58.6 Å². The smallest absolute Gasteiger partial charge is 0.410 e. The minimum Gasteiger partial charge on any atom is -0.444 e. The van der Waals surface area contributed by atoms with E-state index in [0.717, 1.165) is 12.8 Å². The molecule has 0 aliphatic carbocycles. The van der Waals surface area contributed by atoms with Crippen LogP contribution in [0.3, 0.4) is 0 Å². The van der Waals surface area contributed by atoms with Crippen LogP contribution in [0.2, 0.25) is 0 Å². The van der Waals surface area contributed by atoms with Crippen molar-refractivity contribution in [2.24, 2.45) is 0 Å². The number of carbonyl (C=O) groups excluding carboxylic acids is 2. The molecule has 1 rings (SSSR count). The minimum absolute atomic E-state index is 0.128. The number of carbonyl (C=O) groups is 2. The molecule has 92 valence electrons. The van der Waals surface area contributed by atoms with Gasteiger partial charge in [0, 0.05) is 13.0 Å². The fourth-order valence-corrected chi connectivity index (χ4v) is 1.88. The molecule has 1 atom stereocenters. The first kappa shape index (κ1) is 13.0. The molecule has 1 amide bonds. The Morgan fingerprint density at radius 1 is 1.38 bits per heavy atom. The lowest BCUT2D eigenvalue weighted by Gasteiger charge is -2.27. The Morgan fingerprint density at radius 3 is 2.50 bits per heavy atom. The predicted octanol–water partition coefficient (Wildman–Crippen LogP) is 2.37. The van der Waals surface area contributed by atoms with Crippen molar-refractivity contribution >= 4 is 11.9 Å². The van der Waals surface area contributed by atoms with Gasteiger partial charge in [0.05, 0.1) is 6.04 Å². The summed E-state index contributed by atoms with van der Waals surface area (Å²) in [7, 11) is 0. The van der Waals surface area contributed by atoms with E-state index in [1.807, 2.05) is 27.7 Å². The van der Waals surface area contributed by atoms with Gasteiger partial charge in [0.25, 0.3) is 0 Å². The van der Waals surface area contributed by atoms with Gasteiger partial charge in [-0.1, -0.05) is 6.92 Å². The quantitative estimate of drug-likeness (QED) is 0.727. The van der Waals surface area contributed by atoms with E-state index in [0.29, 0.717) is 13.0 Å². The summed E-state index contributed by atoms with van der Waals surface area (Å²) in [6.07, 6.45) is 1.77. The summed E-state index contributed by atoms with van der Waals surface area (Å²) in [6.45, 7) is 7.95. The molecule has 0 spiro atoms. The van der Waals surface area contributed by atoms with Crippen LogP contribution in [-0.4, -0.2) is 35.0 Å². The average molecular weight is 227 g/mol. The molecule has 1 saturated heterocycles. The van der Waals surface area contributed by atoms with Crippen LogP contribution < -0.4 is 0 Å². The van der Waals surface area contributed by atoms with Gasteiger partial charge in [0.1, 0.15) is 5.60 Å². The number of hydrogen-bond acceptors (Lipinski definition) is 3. The molecule has 0 radical (unpaired) electrons. The van der Waals surface area contributed by atoms with E-state index in [9.17, 15) is 9.59 Å². The second-order valence-electron chi connectivity index (χ2n) is 5.15.